The molecule has 6 heteroatoms. The summed E-state index contributed by atoms with van der Waals surface area (Å²) in [6.45, 7) is 3.96. The third-order valence-electron chi connectivity index (χ3n) is 4.49. The van der Waals surface area contributed by atoms with Crippen molar-refractivity contribution in [2.45, 2.75) is 20.3 Å². The van der Waals surface area contributed by atoms with E-state index in [4.69, 9.17) is 9.15 Å². The molecule has 0 aliphatic carbocycles. The van der Waals surface area contributed by atoms with Crippen molar-refractivity contribution in [1.29, 1.82) is 0 Å². The highest BCUT2D eigenvalue weighted by atomic mass is 16.5. The summed E-state index contributed by atoms with van der Waals surface area (Å²) in [4.78, 5) is 24.1. The molecule has 0 radical (unpaired) electrons. The Labute approximate surface area is 150 Å². The molecule has 1 aliphatic rings. The molecule has 0 atom stereocenters. The monoisotopic (exact) mass is 350 g/mol. The van der Waals surface area contributed by atoms with Crippen LogP contribution in [0, 0.1) is 6.92 Å². The van der Waals surface area contributed by atoms with Crippen molar-refractivity contribution in [3.63, 3.8) is 0 Å². The van der Waals surface area contributed by atoms with Gasteiger partial charge in [-0.05, 0) is 49.2 Å². The van der Waals surface area contributed by atoms with Crippen molar-refractivity contribution in [3.8, 4) is 5.75 Å². The number of anilines is 2. The Morgan fingerprint density at radius 3 is 2.88 bits per heavy atom. The number of benzene rings is 2. The molecule has 2 N–H and O–H groups in total. The lowest BCUT2D eigenvalue weighted by Gasteiger charge is -2.18. The van der Waals surface area contributed by atoms with Gasteiger partial charge in [-0.25, -0.2) is 0 Å². The van der Waals surface area contributed by atoms with Gasteiger partial charge < -0.3 is 19.8 Å². The number of carbonyl (C=O) groups is 2. The Morgan fingerprint density at radius 1 is 1.23 bits per heavy atom. The second kappa shape index (κ2) is 6.22. The molecule has 2 aromatic carbocycles. The van der Waals surface area contributed by atoms with Gasteiger partial charge in [0.2, 0.25) is 0 Å². The van der Waals surface area contributed by atoms with E-state index < -0.39 is 0 Å². The molecule has 0 fully saturated rings. The maximum absolute atomic E-state index is 12.7. The SMILES string of the molecule is CCc1ccc2oc(C(=O)Nc3ccc4c(c3)NC(=O)CO4)c(C)c2c1. The minimum atomic E-state index is -0.334. The number of ether oxygens (including phenoxy) is 1. The first-order chi connectivity index (χ1) is 12.5. The first-order valence-electron chi connectivity index (χ1n) is 8.45. The maximum Gasteiger partial charge on any atom is 0.291 e. The van der Waals surface area contributed by atoms with E-state index in [1.165, 1.54) is 5.56 Å². The van der Waals surface area contributed by atoms with Crippen molar-refractivity contribution >= 4 is 34.2 Å². The normalized spacial score (nSPS) is 13.1. The van der Waals surface area contributed by atoms with Crippen molar-refractivity contribution in [3.05, 3.63) is 53.3 Å². The third kappa shape index (κ3) is 2.79. The summed E-state index contributed by atoms with van der Waals surface area (Å²) >= 11 is 0. The van der Waals surface area contributed by atoms with E-state index in [0.29, 0.717) is 22.7 Å². The summed E-state index contributed by atoms with van der Waals surface area (Å²) < 4.78 is 11.1. The van der Waals surface area contributed by atoms with Crippen LogP contribution in [0.25, 0.3) is 11.0 Å². The fourth-order valence-corrected chi connectivity index (χ4v) is 3.05. The summed E-state index contributed by atoms with van der Waals surface area (Å²) in [5, 5.41) is 6.48. The molecular formula is C20H18N2O4. The van der Waals surface area contributed by atoms with E-state index in [1.807, 2.05) is 19.1 Å². The molecule has 132 valence electrons. The van der Waals surface area contributed by atoms with Crippen molar-refractivity contribution in [2.24, 2.45) is 0 Å². The second-order valence-electron chi connectivity index (χ2n) is 6.24. The summed E-state index contributed by atoms with van der Waals surface area (Å²) in [6, 6.07) is 11.0. The van der Waals surface area contributed by atoms with Gasteiger partial charge >= 0.3 is 0 Å². The minimum Gasteiger partial charge on any atom is -0.482 e. The standard InChI is InChI=1S/C20H18N2O4/c1-3-12-4-6-16-14(8-12)11(2)19(26-16)20(24)21-13-5-7-17-15(9-13)22-18(23)10-25-17/h4-9H,3,10H2,1-2H3,(H,21,24)(H,22,23). The summed E-state index contributed by atoms with van der Waals surface area (Å²) in [6.07, 6.45) is 0.922. The van der Waals surface area contributed by atoms with Crippen LogP contribution in [0.1, 0.15) is 28.6 Å². The number of nitrogens with one attached hydrogen (secondary N) is 2. The highest BCUT2D eigenvalue weighted by molar-refractivity contribution is 6.07. The molecule has 0 saturated carbocycles. The highest BCUT2D eigenvalue weighted by Crippen LogP contribution is 2.31. The van der Waals surface area contributed by atoms with Crippen LogP contribution in [0.4, 0.5) is 11.4 Å². The van der Waals surface area contributed by atoms with Crippen LogP contribution >= 0.6 is 0 Å². The van der Waals surface area contributed by atoms with Crippen LogP contribution in [-0.4, -0.2) is 18.4 Å². The molecule has 0 spiro atoms. The maximum atomic E-state index is 12.7. The molecule has 0 saturated heterocycles. The lowest BCUT2D eigenvalue weighted by atomic mass is 10.1. The molecule has 26 heavy (non-hydrogen) atoms. The van der Waals surface area contributed by atoms with Gasteiger partial charge in [-0.15, -0.1) is 0 Å². The quantitative estimate of drug-likeness (QED) is 0.751. The second-order valence-corrected chi connectivity index (χ2v) is 6.24. The first-order valence-corrected chi connectivity index (χ1v) is 8.45. The Morgan fingerprint density at radius 2 is 2.08 bits per heavy atom. The predicted octanol–water partition coefficient (Wildman–Crippen LogP) is 3.89. The van der Waals surface area contributed by atoms with Gasteiger partial charge in [0.25, 0.3) is 11.8 Å². The molecule has 3 aromatic rings. The fourth-order valence-electron chi connectivity index (χ4n) is 3.05. The number of fused-ring (bicyclic) bond motifs is 2. The van der Waals surface area contributed by atoms with Gasteiger partial charge in [0, 0.05) is 16.6 Å². The number of hydrogen-bond acceptors (Lipinski definition) is 4. The molecule has 0 bridgehead atoms. The molecule has 2 heterocycles. The van der Waals surface area contributed by atoms with E-state index in [9.17, 15) is 9.59 Å². The molecule has 0 unspecified atom stereocenters. The van der Waals surface area contributed by atoms with Gasteiger partial charge in [0.1, 0.15) is 11.3 Å². The average molecular weight is 350 g/mol. The molecule has 1 aliphatic heterocycles. The zero-order valence-corrected chi connectivity index (χ0v) is 14.5. The lowest BCUT2D eigenvalue weighted by molar-refractivity contribution is -0.118. The highest BCUT2D eigenvalue weighted by Gasteiger charge is 2.20. The molecule has 2 amide bonds. The zero-order valence-electron chi connectivity index (χ0n) is 14.5. The topological polar surface area (TPSA) is 80.6 Å². The Kier molecular flexibility index (Phi) is 3.88. The van der Waals surface area contributed by atoms with Crippen LogP contribution in [0.5, 0.6) is 5.75 Å². The van der Waals surface area contributed by atoms with Crippen molar-refractivity contribution in [1.82, 2.24) is 0 Å². The van der Waals surface area contributed by atoms with E-state index >= 15 is 0 Å². The fraction of sp³-hybridized carbons (Fsp3) is 0.200. The van der Waals surface area contributed by atoms with E-state index in [0.717, 1.165) is 17.4 Å². The van der Waals surface area contributed by atoms with E-state index in [-0.39, 0.29) is 24.2 Å². The number of aryl methyl sites for hydroxylation is 2. The van der Waals surface area contributed by atoms with Crippen LogP contribution in [-0.2, 0) is 11.2 Å². The van der Waals surface area contributed by atoms with E-state index in [2.05, 4.69) is 23.6 Å². The first kappa shape index (κ1) is 16.2. The Bertz CT molecular complexity index is 1040. The molecule has 1 aromatic heterocycles. The van der Waals surface area contributed by atoms with Gasteiger partial charge in [-0.1, -0.05) is 13.0 Å². The van der Waals surface area contributed by atoms with Gasteiger partial charge in [-0.3, -0.25) is 9.59 Å². The smallest absolute Gasteiger partial charge is 0.291 e. The zero-order chi connectivity index (χ0) is 18.3. The summed E-state index contributed by atoms with van der Waals surface area (Å²) in [5.74, 6) is 0.307. The number of carbonyl (C=O) groups excluding carboxylic acids is 2. The minimum absolute atomic E-state index is 0.00334. The number of amides is 2. The molecule has 6 nitrogen and oxygen atoms in total. The van der Waals surface area contributed by atoms with Crippen LogP contribution in [0.15, 0.2) is 40.8 Å². The largest absolute Gasteiger partial charge is 0.482 e. The lowest BCUT2D eigenvalue weighted by Crippen LogP contribution is -2.25. The third-order valence-corrected chi connectivity index (χ3v) is 4.49. The molecular weight excluding hydrogens is 332 g/mol. The average Bonchev–Trinajstić information content (AvgIpc) is 2.97. The Balaban J connectivity index is 1.62. The van der Waals surface area contributed by atoms with E-state index in [1.54, 1.807) is 18.2 Å². The number of rotatable bonds is 3. The Hall–Kier alpha value is -3.28. The van der Waals surface area contributed by atoms with Gasteiger partial charge in [-0.2, -0.15) is 0 Å². The van der Waals surface area contributed by atoms with Crippen LogP contribution in [0.2, 0.25) is 0 Å². The van der Waals surface area contributed by atoms with Gasteiger partial charge in [0.05, 0.1) is 5.69 Å². The predicted molar refractivity (Wildman–Crippen MR) is 98.8 cm³/mol. The summed E-state index contributed by atoms with van der Waals surface area (Å²) in [7, 11) is 0. The van der Waals surface area contributed by atoms with Gasteiger partial charge in [0.15, 0.2) is 12.4 Å². The van der Waals surface area contributed by atoms with Crippen molar-refractivity contribution in [2.75, 3.05) is 17.2 Å². The van der Waals surface area contributed by atoms with Crippen molar-refractivity contribution < 1.29 is 18.7 Å². The molecule has 4 rings (SSSR count). The number of hydrogen-bond donors (Lipinski definition) is 2. The summed E-state index contributed by atoms with van der Waals surface area (Å²) in [5.41, 5.74) is 3.78. The van der Waals surface area contributed by atoms with Crippen LogP contribution < -0.4 is 15.4 Å². The van der Waals surface area contributed by atoms with Crippen LogP contribution in [0.3, 0.4) is 0 Å². The number of furan rings is 1.